The molecule has 15 heavy (non-hydrogen) atoms. The minimum absolute atomic E-state index is 0.294. The molecule has 1 rings (SSSR count). The van der Waals surface area contributed by atoms with Crippen molar-refractivity contribution < 1.29 is 13.2 Å². The highest BCUT2D eigenvalue weighted by atomic mass is 32.2. The Kier molecular flexibility index (Phi) is 5.09. The highest BCUT2D eigenvalue weighted by Crippen LogP contribution is 2.14. The normalized spacial score (nSPS) is 18.6. The molecular weight excluding hydrogens is 214 g/mol. The third-order valence-corrected chi connectivity index (χ3v) is 4.36. The molecule has 0 spiro atoms. The van der Waals surface area contributed by atoms with Crippen LogP contribution in [0.5, 0.6) is 0 Å². The first-order valence-corrected chi connectivity index (χ1v) is 6.71. The highest BCUT2D eigenvalue weighted by molar-refractivity contribution is 7.90. The lowest BCUT2D eigenvalue weighted by atomic mass is 10.2. The molecule has 0 aromatic rings. The van der Waals surface area contributed by atoms with Gasteiger partial charge in [-0.3, -0.25) is 0 Å². The van der Waals surface area contributed by atoms with Crippen LogP contribution in [0.15, 0.2) is 0 Å². The summed E-state index contributed by atoms with van der Waals surface area (Å²) in [6.07, 6.45) is 7.55. The van der Waals surface area contributed by atoms with E-state index in [9.17, 15) is 8.42 Å². The standard InChI is InChI=1S/C10H17NO3S/c1-2-3-4-7-11-15(12,13)10-5-8-14-9-6-10/h1,10-11H,3-9H2. The molecule has 0 saturated carbocycles. The van der Waals surface area contributed by atoms with Crippen LogP contribution in [0.2, 0.25) is 0 Å². The van der Waals surface area contributed by atoms with Gasteiger partial charge < -0.3 is 4.74 Å². The molecule has 86 valence electrons. The van der Waals surface area contributed by atoms with E-state index in [2.05, 4.69) is 10.6 Å². The fourth-order valence-corrected chi connectivity index (χ4v) is 2.99. The molecule has 1 aliphatic rings. The Labute approximate surface area is 91.4 Å². The number of terminal acetylenes is 1. The summed E-state index contributed by atoms with van der Waals surface area (Å²) in [7, 11) is -3.16. The lowest BCUT2D eigenvalue weighted by Gasteiger charge is -2.22. The van der Waals surface area contributed by atoms with Gasteiger partial charge in [0.1, 0.15) is 0 Å². The number of unbranched alkanes of at least 4 members (excludes halogenated alkanes) is 1. The maximum atomic E-state index is 11.7. The summed E-state index contributed by atoms with van der Waals surface area (Å²) in [6.45, 7) is 1.51. The van der Waals surface area contributed by atoms with Crippen molar-refractivity contribution in [1.29, 1.82) is 0 Å². The first kappa shape index (κ1) is 12.5. The monoisotopic (exact) mass is 231 g/mol. The highest BCUT2D eigenvalue weighted by Gasteiger charge is 2.26. The molecule has 1 N–H and O–H groups in total. The molecule has 0 amide bonds. The van der Waals surface area contributed by atoms with Crippen LogP contribution in [0, 0.1) is 12.3 Å². The van der Waals surface area contributed by atoms with E-state index in [1.807, 2.05) is 0 Å². The molecule has 1 saturated heterocycles. The molecule has 0 unspecified atom stereocenters. The molecule has 0 aromatic carbocycles. The van der Waals surface area contributed by atoms with Crippen molar-refractivity contribution in [3.05, 3.63) is 0 Å². The molecule has 0 bridgehead atoms. The van der Waals surface area contributed by atoms with E-state index in [-0.39, 0.29) is 5.25 Å². The number of nitrogens with one attached hydrogen (secondary N) is 1. The van der Waals surface area contributed by atoms with Crippen molar-refractivity contribution in [3.8, 4) is 12.3 Å². The SMILES string of the molecule is C#CCCCNS(=O)(=O)C1CCOCC1. The van der Waals surface area contributed by atoms with E-state index in [0.29, 0.717) is 45.4 Å². The van der Waals surface area contributed by atoms with Gasteiger partial charge in [-0.15, -0.1) is 12.3 Å². The molecule has 0 radical (unpaired) electrons. The summed E-state index contributed by atoms with van der Waals surface area (Å²) in [6, 6.07) is 0. The van der Waals surface area contributed by atoms with E-state index in [4.69, 9.17) is 11.2 Å². The number of sulfonamides is 1. The van der Waals surface area contributed by atoms with Crippen LogP contribution in [0.3, 0.4) is 0 Å². The molecule has 0 atom stereocenters. The number of ether oxygens (including phenoxy) is 1. The van der Waals surface area contributed by atoms with Crippen molar-refractivity contribution in [3.63, 3.8) is 0 Å². The van der Waals surface area contributed by atoms with Crippen molar-refractivity contribution in [2.45, 2.75) is 30.9 Å². The van der Waals surface area contributed by atoms with Crippen LogP contribution < -0.4 is 4.72 Å². The van der Waals surface area contributed by atoms with Gasteiger partial charge in [0, 0.05) is 26.2 Å². The lowest BCUT2D eigenvalue weighted by molar-refractivity contribution is 0.0981. The lowest BCUT2D eigenvalue weighted by Crippen LogP contribution is -2.38. The zero-order valence-electron chi connectivity index (χ0n) is 8.74. The van der Waals surface area contributed by atoms with Gasteiger partial charge in [-0.05, 0) is 19.3 Å². The second kappa shape index (κ2) is 6.11. The topological polar surface area (TPSA) is 55.4 Å². The van der Waals surface area contributed by atoms with Crippen LogP contribution >= 0.6 is 0 Å². The third-order valence-electron chi connectivity index (χ3n) is 2.41. The number of rotatable bonds is 5. The minimum atomic E-state index is -3.16. The van der Waals surface area contributed by atoms with Gasteiger partial charge in [0.25, 0.3) is 0 Å². The summed E-state index contributed by atoms with van der Waals surface area (Å²) in [5, 5.41) is -0.294. The van der Waals surface area contributed by atoms with Gasteiger partial charge in [0.2, 0.25) is 10.0 Å². The second-order valence-electron chi connectivity index (χ2n) is 3.56. The van der Waals surface area contributed by atoms with Crippen LogP contribution in [-0.4, -0.2) is 33.4 Å². The Morgan fingerprint density at radius 2 is 2.07 bits per heavy atom. The van der Waals surface area contributed by atoms with Crippen molar-refractivity contribution >= 4 is 10.0 Å². The first-order valence-electron chi connectivity index (χ1n) is 5.16. The predicted octanol–water partition coefficient (Wildman–Crippen LogP) is 0.498. The molecular formula is C10H17NO3S. The molecule has 4 nitrogen and oxygen atoms in total. The smallest absolute Gasteiger partial charge is 0.214 e. The summed E-state index contributed by atoms with van der Waals surface area (Å²) in [5.74, 6) is 2.48. The van der Waals surface area contributed by atoms with Gasteiger partial charge in [-0.1, -0.05) is 0 Å². The maximum Gasteiger partial charge on any atom is 0.214 e. The quantitative estimate of drug-likeness (QED) is 0.553. The summed E-state index contributed by atoms with van der Waals surface area (Å²) in [4.78, 5) is 0. The molecule has 1 heterocycles. The molecule has 1 aliphatic heterocycles. The molecule has 0 aromatic heterocycles. The Hall–Kier alpha value is -0.570. The zero-order chi connectivity index (χ0) is 11.1. The van der Waals surface area contributed by atoms with Crippen molar-refractivity contribution in [1.82, 2.24) is 4.72 Å². The molecule has 5 heteroatoms. The minimum Gasteiger partial charge on any atom is -0.381 e. The average molecular weight is 231 g/mol. The van der Waals surface area contributed by atoms with Crippen LogP contribution in [0.25, 0.3) is 0 Å². The maximum absolute atomic E-state index is 11.7. The van der Waals surface area contributed by atoms with Crippen LogP contribution in [0.1, 0.15) is 25.7 Å². The van der Waals surface area contributed by atoms with E-state index in [1.54, 1.807) is 0 Å². The first-order chi connectivity index (χ1) is 7.17. The molecule has 0 aliphatic carbocycles. The summed E-state index contributed by atoms with van der Waals surface area (Å²) in [5.41, 5.74) is 0. The van der Waals surface area contributed by atoms with Gasteiger partial charge in [-0.25, -0.2) is 13.1 Å². The Morgan fingerprint density at radius 3 is 2.67 bits per heavy atom. The number of hydrogen-bond acceptors (Lipinski definition) is 3. The van der Waals surface area contributed by atoms with Gasteiger partial charge in [0.15, 0.2) is 0 Å². The fourth-order valence-electron chi connectivity index (χ4n) is 1.51. The number of hydrogen-bond donors (Lipinski definition) is 1. The second-order valence-corrected chi connectivity index (χ2v) is 5.60. The zero-order valence-corrected chi connectivity index (χ0v) is 9.55. The van der Waals surface area contributed by atoms with Gasteiger partial charge in [-0.2, -0.15) is 0 Å². The third kappa shape index (κ3) is 4.20. The largest absolute Gasteiger partial charge is 0.381 e. The summed E-state index contributed by atoms with van der Waals surface area (Å²) >= 11 is 0. The van der Waals surface area contributed by atoms with Crippen molar-refractivity contribution in [2.24, 2.45) is 0 Å². The Morgan fingerprint density at radius 1 is 1.40 bits per heavy atom. The van der Waals surface area contributed by atoms with Crippen LogP contribution in [-0.2, 0) is 14.8 Å². The van der Waals surface area contributed by atoms with Crippen molar-refractivity contribution in [2.75, 3.05) is 19.8 Å². The fraction of sp³-hybridized carbons (Fsp3) is 0.800. The van der Waals surface area contributed by atoms with Gasteiger partial charge >= 0.3 is 0 Å². The van der Waals surface area contributed by atoms with Crippen LogP contribution in [0.4, 0.5) is 0 Å². The van der Waals surface area contributed by atoms with E-state index < -0.39 is 10.0 Å². The van der Waals surface area contributed by atoms with E-state index in [1.165, 1.54) is 0 Å². The van der Waals surface area contributed by atoms with E-state index in [0.717, 1.165) is 0 Å². The predicted molar refractivity (Wildman–Crippen MR) is 58.8 cm³/mol. The molecule has 1 fully saturated rings. The Bertz CT molecular complexity index is 312. The summed E-state index contributed by atoms with van der Waals surface area (Å²) < 4.78 is 31.2. The Balaban J connectivity index is 2.34. The van der Waals surface area contributed by atoms with Gasteiger partial charge in [0.05, 0.1) is 5.25 Å². The van der Waals surface area contributed by atoms with E-state index >= 15 is 0 Å². The average Bonchev–Trinajstić information content (AvgIpc) is 2.26.